The molecule has 96 valence electrons. The van der Waals surface area contributed by atoms with Crippen LogP contribution in [-0.4, -0.2) is 22.0 Å². The first kappa shape index (κ1) is 13.0. The van der Waals surface area contributed by atoms with E-state index in [1.807, 2.05) is 0 Å². The molecule has 2 N–H and O–H groups in total. The van der Waals surface area contributed by atoms with Crippen molar-refractivity contribution in [3.63, 3.8) is 0 Å². The number of aromatic carboxylic acids is 1. The van der Waals surface area contributed by atoms with Crippen LogP contribution in [0, 0.1) is 0 Å². The number of nitrogens with one attached hydrogen (secondary N) is 1. The lowest BCUT2D eigenvalue weighted by molar-refractivity contribution is 0.0692. The highest BCUT2D eigenvalue weighted by atomic mass is 35.5. The summed E-state index contributed by atoms with van der Waals surface area (Å²) in [4.78, 5) is 26.7. The van der Waals surface area contributed by atoms with Crippen LogP contribution < -0.4 is 5.32 Å². The molecule has 0 saturated carbocycles. The molecule has 2 aromatic rings. The van der Waals surface area contributed by atoms with E-state index in [0.29, 0.717) is 5.02 Å². The second-order valence-electron chi connectivity index (χ2n) is 3.64. The van der Waals surface area contributed by atoms with Crippen LogP contribution in [0.15, 0.2) is 42.6 Å². The monoisotopic (exact) mass is 276 g/mol. The number of halogens is 1. The van der Waals surface area contributed by atoms with Crippen molar-refractivity contribution in [2.24, 2.45) is 0 Å². The summed E-state index contributed by atoms with van der Waals surface area (Å²) in [5.74, 6) is -1.70. The number of hydrogen-bond acceptors (Lipinski definition) is 3. The molecule has 0 saturated heterocycles. The highest BCUT2D eigenvalue weighted by molar-refractivity contribution is 6.34. The van der Waals surface area contributed by atoms with Crippen molar-refractivity contribution in [1.82, 2.24) is 4.98 Å². The molecule has 1 amide bonds. The number of carboxylic acid groups (broad SMARTS) is 1. The van der Waals surface area contributed by atoms with Crippen LogP contribution in [0.5, 0.6) is 0 Å². The number of rotatable bonds is 3. The minimum absolute atomic E-state index is 0.125. The van der Waals surface area contributed by atoms with E-state index in [-0.39, 0.29) is 16.9 Å². The fourth-order valence-electron chi connectivity index (χ4n) is 1.51. The highest BCUT2D eigenvalue weighted by Gasteiger charge is 2.15. The van der Waals surface area contributed by atoms with Crippen LogP contribution in [0.4, 0.5) is 5.69 Å². The maximum atomic E-state index is 12.0. The van der Waals surface area contributed by atoms with Gasteiger partial charge in [0.15, 0.2) is 5.69 Å². The summed E-state index contributed by atoms with van der Waals surface area (Å²) >= 11 is 5.89. The van der Waals surface area contributed by atoms with Gasteiger partial charge in [-0.15, -0.1) is 0 Å². The van der Waals surface area contributed by atoms with Crippen LogP contribution in [0.2, 0.25) is 5.02 Å². The van der Waals surface area contributed by atoms with Crippen LogP contribution >= 0.6 is 11.6 Å². The summed E-state index contributed by atoms with van der Waals surface area (Å²) in [6, 6.07) is 9.50. The van der Waals surface area contributed by atoms with Gasteiger partial charge in [0, 0.05) is 6.20 Å². The zero-order chi connectivity index (χ0) is 13.8. The van der Waals surface area contributed by atoms with E-state index in [1.54, 1.807) is 24.3 Å². The lowest BCUT2D eigenvalue weighted by atomic mass is 10.2. The highest BCUT2D eigenvalue weighted by Crippen LogP contribution is 2.18. The Balaban J connectivity index is 2.30. The van der Waals surface area contributed by atoms with Crippen molar-refractivity contribution >= 4 is 29.2 Å². The fourth-order valence-corrected chi connectivity index (χ4v) is 1.73. The lowest BCUT2D eigenvalue weighted by Gasteiger charge is -2.08. The summed E-state index contributed by atoms with van der Waals surface area (Å²) in [7, 11) is 0. The number of hydrogen-bond donors (Lipinski definition) is 2. The van der Waals surface area contributed by atoms with Gasteiger partial charge in [-0.05, 0) is 24.3 Å². The van der Waals surface area contributed by atoms with E-state index < -0.39 is 11.9 Å². The summed E-state index contributed by atoms with van der Waals surface area (Å²) in [6.07, 6.45) is 1.34. The quantitative estimate of drug-likeness (QED) is 0.903. The smallest absolute Gasteiger partial charge is 0.356 e. The van der Waals surface area contributed by atoms with E-state index in [9.17, 15) is 9.59 Å². The summed E-state index contributed by atoms with van der Waals surface area (Å²) in [5, 5.41) is 11.7. The molecular formula is C13H9ClN2O3. The molecule has 0 atom stereocenters. The second kappa shape index (κ2) is 5.49. The third-order valence-corrected chi connectivity index (χ3v) is 2.71. The van der Waals surface area contributed by atoms with Gasteiger partial charge >= 0.3 is 5.97 Å². The summed E-state index contributed by atoms with van der Waals surface area (Å²) < 4.78 is 0. The molecule has 0 radical (unpaired) electrons. The number of aromatic nitrogens is 1. The van der Waals surface area contributed by atoms with Crippen molar-refractivity contribution in [2.45, 2.75) is 0 Å². The first-order valence-electron chi connectivity index (χ1n) is 5.34. The first-order chi connectivity index (χ1) is 9.09. The van der Waals surface area contributed by atoms with Gasteiger partial charge < -0.3 is 10.4 Å². The van der Waals surface area contributed by atoms with Crippen molar-refractivity contribution in [3.05, 3.63) is 58.9 Å². The molecule has 5 nitrogen and oxygen atoms in total. The Morgan fingerprint density at radius 3 is 2.58 bits per heavy atom. The minimum atomic E-state index is -1.21. The number of benzene rings is 1. The van der Waals surface area contributed by atoms with Crippen LogP contribution in [-0.2, 0) is 0 Å². The van der Waals surface area contributed by atoms with Crippen LogP contribution in [0.25, 0.3) is 0 Å². The molecule has 0 aliphatic heterocycles. The largest absolute Gasteiger partial charge is 0.476 e. The molecule has 0 aliphatic rings. The van der Waals surface area contributed by atoms with Crippen LogP contribution in [0.3, 0.4) is 0 Å². The van der Waals surface area contributed by atoms with Gasteiger partial charge in [-0.25, -0.2) is 9.78 Å². The summed E-state index contributed by atoms with van der Waals surface area (Å²) in [6.45, 7) is 0. The minimum Gasteiger partial charge on any atom is -0.476 e. The van der Waals surface area contributed by atoms with Crippen LogP contribution in [0.1, 0.15) is 20.8 Å². The van der Waals surface area contributed by atoms with E-state index in [1.165, 1.54) is 18.3 Å². The second-order valence-corrected chi connectivity index (χ2v) is 4.05. The molecule has 1 aromatic heterocycles. The van der Waals surface area contributed by atoms with Gasteiger partial charge in [0.05, 0.1) is 16.3 Å². The Hall–Kier alpha value is -2.40. The van der Waals surface area contributed by atoms with Crippen molar-refractivity contribution in [2.75, 3.05) is 5.32 Å². The number of carboxylic acids is 1. The van der Waals surface area contributed by atoms with Gasteiger partial charge in [0.25, 0.3) is 5.91 Å². The average Bonchev–Trinajstić information content (AvgIpc) is 2.39. The third kappa shape index (κ3) is 2.89. The Morgan fingerprint density at radius 2 is 1.89 bits per heavy atom. The predicted octanol–water partition coefficient (Wildman–Crippen LogP) is 2.69. The Labute approximate surface area is 113 Å². The zero-order valence-corrected chi connectivity index (χ0v) is 10.4. The van der Waals surface area contributed by atoms with Gasteiger partial charge in [-0.2, -0.15) is 0 Å². The number of carbonyl (C=O) groups excluding carboxylic acids is 1. The number of amides is 1. The standard InChI is InChI=1S/C13H9ClN2O3/c14-9-5-2-1-4-8(9)12(17)16-10-6-3-7-15-11(10)13(18)19/h1-7H,(H,16,17)(H,18,19). The number of carbonyl (C=O) groups is 2. The number of pyridine rings is 1. The van der Waals surface area contributed by atoms with E-state index >= 15 is 0 Å². The molecule has 0 unspecified atom stereocenters. The number of nitrogens with zero attached hydrogens (tertiary/aromatic N) is 1. The van der Waals surface area contributed by atoms with E-state index in [2.05, 4.69) is 10.3 Å². The van der Waals surface area contributed by atoms with Gasteiger partial charge in [0.2, 0.25) is 0 Å². The molecule has 0 bridgehead atoms. The van der Waals surface area contributed by atoms with Gasteiger partial charge in [-0.3, -0.25) is 4.79 Å². The van der Waals surface area contributed by atoms with Gasteiger partial charge in [-0.1, -0.05) is 23.7 Å². The molecule has 0 aliphatic carbocycles. The van der Waals surface area contributed by atoms with Gasteiger partial charge in [0.1, 0.15) is 0 Å². The van der Waals surface area contributed by atoms with E-state index in [4.69, 9.17) is 16.7 Å². The predicted molar refractivity (Wildman–Crippen MR) is 70.6 cm³/mol. The topological polar surface area (TPSA) is 79.3 Å². The molecular weight excluding hydrogens is 268 g/mol. The molecule has 2 rings (SSSR count). The maximum Gasteiger partial charge on any atom is 0.356 e. The third-order valence-electron chi connectivity index (χ3n) is 2.38. The zero-order valence-electron chi connectivity index (χ0n) is 9.63. The van der Waals surface area contributed by atoms with Crippen molar-refractivity contribution in [1.29, 1.82) is 0 Å². The SMILES string of the molecule is O=C(Nc1cccnc1C(=O)O)c1ccccc1Cl. The molecule has 1 heterocycles. The lowest BCUT2D eigenvalue weighted by Crippen LogP contribution is -2.16. The molecule has 19 heavy (non-hydrogen) atoms. The fraction of sp³-hybridized carbons (Fsp3) is 0. The summed E-state index contributed by atoms with van der Waals surface area (Å²) in [5.41, 5.74) is 0.173. The van der Waals surface area contributed by atoms with Crippen molar-refractivity contribution < 1.29 is 14.7 Å². The molecule has 1 aromatic carbocycles. The molecule has 6 heteroatoms. The average molecular weight is 277 g/mol. The van der Waals surface area contributed by atoms with E-state index in [0.717, 1.165) is 0 Å². The Morgan fingerprint density at radius 1 is 1.16 bits per heavy atom. The molecule has 0 fully saturated rings. The number of anilines is 1. The Bertz CT molecular complexity index is 643. The Kier molecular flexibility index (Phi) is 3.77. The maximum absolute atomic E-state index is 12.0. The van der Waals surface area contributed by atoms with Crippen molar-refractivity contribution in [3.8, 4) is 0 Å². The normalized spacial score (nSPS) is 9.95. The first-order valence-corrected chi connectivity index (χ1v) is 5.71. The molecule has 0 spiro atoms.